The minimum Gasteiger partial charge on any atom is -0.520 e. The Bertz CT molecular complexity index is 1590. The maximum atomic E-state index is 11.2. The maximum absolute atomic E-state index is 11.2. The van der Waals surface area contributed by atoms with Gasteiger partial charge in [0.1, 0.15) is 22.9 Å². The minimum absolute atomic E-state index is 0. The fourth-order valence-electron chi connectivity index (χ4n) is 3.21. The van der Waals surface area contributed by atoms with Crippen LogP contribution in [0, 0.1) is 34.3 Å². The molecule has 0 aromatic carbocycles. The number of carbonyl (C=O) groups excluding carboxylic acids is 2. The molecule has 2 N–H and O–H groups in total. The third-order valence-electron chi connectivity index (χ3n) is 4.76. The van der Waals surface area contributed by atoms with Crippen molar-refractivity contribution in [2.24, 2.45) is 10.2 Å². The van der Waals surface area contributed by atoms with Crippen molar-refractivity contribution >= 4 is 55.7 Å². The molecule has 0 saturated heterocycles. The number of aliphatic hydroxyl groups is 2. The summed E-state index contributed by atoms with van der Waals surface area (Å²) in [6.45, 7) is 3.24. The molecule has 16 nitrogen and oxygen atoms in total. The summed E-state index contributed by atoms with van der Waals surface area (Å²) in [6.07, 6.45) is 6.91. The molecule has 0 saturated carbocycles. The van der Waals surface area contributed by atoms with Crippen molar-refractivity contribution in [2.75, 3.05) is 0 Å². The van der Waals surface area contributed by atoms with Crippen LogP contribution in [0.3, 0.4) is 0 Å². The van der Waals surface area contributed by atoms with Gasteiger partial charge in [0.2, 0.25) is 0 Å². The molecule has 2 aromatic heterocycles. The van der Waals surface area contributed by atoms with Crippen LogP contribution in [0.2, 0.25) is 0 Å². The van der Waals surface area contributed by atoms with E-state index in [1.54, 1.807) is 13.8 Å². The number of allylic oxidation sites excluding steroid dienone is 6. The van der Waals surface area contributed by atoms with Crippen molar-refractivity contribution in [2.45, 2.75) is 13.8 Å². The first kappa shape index (κ1) is 32.4. The molecule has 2 aliphatic rings. The number of thiazole rings is 2. The van der Waals surface area contributed by atoms with Gasteiger partial charge in [-0.1, -0.05) is 47.7 Å². The zero-order chi connectivity index (χ0) is 29.7. The average Bonchev–Trinajstić information content (AvgIpc) is 3.48. The summed E-state index contributed by atoms with van der Waals surface area (Å²) in [5.41, 5.74) is 1.45. The van der Waals surface area contributed by atoms with E-state index < -0.39 is 9.85 Å². The van der Waals surface area contributed by atoms with Gasteiger partial charge < -0.3 is 29.6 Å². The molecule has 19 heteroatoms. The van der Waals surface area contributed by atoms with E-state index in [0.29, 0.717) is 11.1 Å². The summed E-state index contributed by atoms with van der Waals surface area (Å²) in [4.78, 5) is 50.1. The Morgan fingerprint density at radius 1 is 0.756 bits per heavy atom. The van der Waals surface area contributed by atoms with Crippen molar-refractivity contribution in [1.29, 1.82) is 0 Å². The third kappa shape index (κ3) is 8.08. The summed E-state index contributed by atoms with van der Waals surface area (Å²) in [6, 6.07) is 0. The number of hydrogen-bond donors (Lipinski definition) is 2. The van der Waals surface area contributed by atoms with E-state index >= 15 is 0 Å². The number of ketones is 2. The minimum atomic E-state index is -0.570. The Balaban J connectivity index is 0.000000280. The van der Waals surface area contributed by atoms with Crippen LogP contribution in [0.1, 0.15) is 13.8 Å². The summed E-state index contributed by atoms with van der Waals surface area (Å²) in [7, 11) is 7.22. The first-order chi connectivity index (χ1) is 18.8. The molecule has 0 radical (unpaired) electrons. The molecule has 4 rings (SSSR count). The van der Waals surface area contributed by atoms with Gasteiger partial charge in [0.05, 0.1) is 19.4 Å². The fourth-order valence-corrected chi connectivity index (χ4v) is 4.43. The number of aromatic nitrogens is 2. The SMILES string of the molecule is [CH2-][N+](/N=c1\[n-]cc([N+](=O)[O-])s1)=C1/C(C)=CC(=O)C=C1O.[CH2-][N+](/N=c1\[n-]cc([N+](=O)[O-])s1)=C1/C(C)=CC(=O)C=C1O.[Co+3]. The second-order valence-electron chi connectivity index (χ2n) is 7.69. The van der Waals surface area contributed by atoms with E-state index in [0.717, 1.165) is 56.6 Å². The van der Waals surface area contributed by atoms with Crippen LogP contribution in [0.4, 0.5) is 10.0 Å². The number of nitro groups is 2. The molecule has 2 aliphatic carbocycles. The zero-order valence-electron chi connectivity index (χ0n) is 20.9. The largest absolute Gasteiger partial charge is 3.00 e. The molecular weight excluding hydrogens is 627 g/mol. The van der Waals surface area contributed by atoms with Gasteiger partial charge in [0.15, 0.2) is 11.6 Å². The van der Waals surface area contributed by atoms with E-state index in [2.05, 4.69) is 34.3 Å². The number of rotatable bonds is 4. The number of carbonyl (C=O) groups is 2. The molecule has 0 spiro atoms. The molecule has 0 atom stereocenters. The molecule has 0 aliphatic heterocycles. The van der Waals surface area contributed by atoms with Gasteiger partial charge in [0.25, 0.3) is 0 Å². The molecule has 0 amide bonds. The van der Waals surface area contributed by atoms with E-state index in [1.165, 1.54) is 12.2 Å². The van der Waals surface area contributed by atoms with E-state index in [4.69, 9.17) is 0 Å². The van der Waals surface area contributed by atoms with Crippen LogP contribution in [-0.2, 0) is 26.4 Å². The van der Waals surface area contributed by atoms with Crippen molar-refractivity contribution in [3.63, 3.8) is 0 Å². The first-order valence-corrected chi connectivity index (χ1v) is 12.3. The van der Waals surface area contributed by atoms with Gasteiger partial charge in [0, 0.05) is 38.6 Å². The summed E-state index contributed by atoms with van der Waals surface area (Å²) in [5, 5.41) is 48.2. The second-order valence-corrected chi connectivity index (χ2v) is 9.67. The van der Waals surface area contributed by atoms with Crippen LogP contribution in [0.5, 0.6) is 0 Å². The van der Waals surface area contributed by atoms with Crippen LogP contribution in [0.15, 0.2) is 69.6 Å². The molecule has 2 heterocycles. The standard InChI is InChI=1S/2C11H10N4O4S.Co/c2*1-6-3-7(16)4-8(17)10(6)14(2)13-11-12-5-9(20-11)15(18)19;/h2*3-5H,2H2,1H3,(H2,12,13,16,17);/q;;+3/p-2. The van der Waals surface area contributed by atoms with Crippen molar-refractivity contribution in [1.82, 2.24) is 9.97 Å². The summed E-state index contributed by atoms with van der Waals surface area (Å²) < 4.78 is 2.15. The molecule has 214 valence electrons. The third-order valence-corrected chi connectivity index (χ3v) is 6.43. The zero-order valence-corrected chi connectivity index (χ0v) is 23.6. The van der Waals surface area contributed by atoms with E-state index in [-0.39, 0.29) is 70.9 Å². The molecular formula is C22H18CoN8O8S2+. The molecule has 0 unspecified atom stereocenters. The quantitative estimate of drug-likeness (QED) is 0.159. The van der Waals surface area contributed by atoms with Gasteiger partial charge in [-0.3, -0.25) is 29.8 Å². The van der Waals surface area contributed by atoms with E-state index in [9.17, 15) is 40.0 Å². The van der Waals surface area contributed by atoms with Gasteiger partial charge in [-0.15, -0.1) is 0 Å². The van der Waals surface area contributed by atoms with E-state index in [1.807, 2.05) is 0 Å². The first-order valence-electron chi connectivity index (χ1n) is 10.6. The normalized spacial score (nSPS) is 18.2. The number of nitrogens with zero attached hydrogens (tertiary/aromatic N) is 8. The maximum Gasteiger partial charge on any atom is 3.00 e. The van der Waals surface area contributed by atoms with Crippen LogP contribution < -0.4 is 19.6 Å². The van der Waals surface area contributed by atoms with Crippen LogP contribution in [-0.4, -0.2) is 52.4 Å². The predicted molar refractivity (Wildman–Crippen MR) is 140 cm³/mol. The topological polar surface area (TPSA) is 220 Å². The van der Waals surface area contributed by atoms with Crippen molar-refractivity contribution in [3.8, 4) is 0 Å². The fraction of sp³-hybridized carbons (Fsp3) is 0.0909. The Morgan fingerprint density at radius 2 is 1.10 bits per heavy atom. The second kappa shape index (κ2) is 13.5. The number of aliphatic hydroxyl groups excluding tert-OH is 2. The summed E-state index contributed by atoms with van der Waals surface area (Å²) in [5.74, 6) is -1.19. The Kier molecular flexibility index (Phi) is 10.6. The van der Waals surface area contributed by atoms with Crippen LogP contribution in [0.25, 0.3) is 0 Å². The van der Waals surface area contributed by atoms with Crippen LogP contribution >= 0.6 is 22.7 Å². The number of hydrogen-bond acceptors (Lipinski definition) is 12. The van der Waals surface area contributed by atoms with Gasteiger partial charge >= 0.3 is 26.8 Å². The van der Waals surface area contributed by atoms with Gasteiger partial charge in [-0.2, -0.15) is 0 Å². The molecule has 41 heavy (non-hydrogen) atoms. The Labute approximate surface area is 248 Å². The Morgan fingerprint density at radius 3 is 1.37 bits per heavy atom. The van der Waals surface area contributed by atoms with Crippen molar-refractivity contribution < 1.29 is 55.8 Å². The average molecular weight is 646 g/mol. The molecule has 2 aromatic rings. The van der Waals surface area contributed by atoms with Gasteiger partial charge in [-0.25, -0.2) is 10.2 Å². The van der Waals surface area contributed by atoms with Crippen molar-refractivity contribution in [3.05, 3.63) is 103 Å². The molecule has 0 bridgehead atoms. The predicted octanol–water partition coefficient (Wildman–Crippen LogP) is 1.29. The Hall–Kier alpha value is -4.85. The van der Waals surface area contributed by atoms with Gasteiger partial charge in [-0.05, 0) is 12.2 Å². The summed E-state index contributed by atoms with van der Waals surface area (Å²) >= 11 is 1.55. The smallest absolute Gasteiger partial charge is 0.520 e. The monoisotopic (exact) mass is 645 g/mol. The molecule has 0 fully saturated rings.